The number of fused-ring (bicyclic) bond motifs is 3. The van der Waals surface area contributed by atoms with Crippen molar-refractivity contribution in [1.29, 1.82) is 0 Å². The Balaban J connectivity index is 1.38. The molecule has 3 rings (SSSR count). The van der Waals surface area contributed by atoms with Crippen molar-refractivity contribution in [2.45, 2.75) is 64.5 Å². The Labute approximate surface area is 266 Å². The van der Waals surface area contributed by atoms with E-state index in [2.05, 4.69) is 34.9 Å². The molecule has 0 spiro atoms. The van der Waals surface area contributed by atoms with E-state index in [9.17, 15) is 14.4 Å². The molecule has 1 atom stereocenters. The Bertz CT molecular complexity index is 1200. The molecule has 2 aromatic carbocycles. The largest absolute Gasteiger partial charge is 0.464 e. The fourth-order valence-electron chi connectivity index (χ4n) is 5.05. The SMILES string of the molecule is CCOC(=O)[C@@](CC)(CCOCCOCCOCCNC(=O)OC(C)(C)C)NC(=O)OCC1c2ccccc2-c2ccccc21. The first-order valence-corrected chi connectivity index (χ1v) is 15.6. The van der Waals surface area contributed by atoms with Crippen molar-refractivity contribution in [2.75, 3.05) is 59.4 Å². The standard InChI is InChI=1S/C34H48N2O9/c1-6-34(30(37)43-7-2,16-18-40-20-22-42-23-21-41-19-17-35-31(38)45-33(3,4)5)36-32(39)44-24-29-27-14-10-8-12-25(27)26-13-9-11-15-28(26)29/h8-15,29H,6-7,16-24H2,1-5H3,(H,35,38)(H,36,39)/t34-/m1/s1. The summed E-state index contributed by atoms with van der Waals surface area (Å²) in [7, 11) is 0. The van der Waals surface area contributed by atoms with Gasteiger partial charge in [0, 0.05) is 25.5 Å². The van der Waals surface area contributed by atoms with Crippen LogP contribution in [-0.2, 0) is 33.2 Å². The Morgan fingerprint density at radius 3 is 1.84 bits per heavy atom. The second kappa shape index (κ2) is 17.7. The zero-order valence-corrected chi connectivity index (χ0v) is 27.1. The predicted molar refractivity (Wildman–Crippen MR) is 169 cm³/mol. The van der Waals surface area contributed by atoms with E-state index in [1.54, 1.807) is 27.7 Å². The van der Waals surface area contributed by atoms with Gasteiger partial charge in [0.1, 0.15) is 17.7 Å². The van der Waals surface area contributed by atoms with Crippen LogP contribution in [0.5, 0.6) is 0 Å². The maximum absolute atomic E-state index is 13.1. The molecule has 0 aliphatic heterocycles. The summed E-state index contributed by atoms with van der Waals surface area (Å²) in [5.74, 6) is -0.622. The highest BCUT2D eigenvalue weighted by molar-refractivity contribution is 5.86. The fraction of sp³-hybridized carbons (Fsp3) is 0.559. The van der Waals surface area contributed by atoms with Crippen molar-refractivity contribution in [3.8, 4) is 11.1 Å². The van der Waals surface area contributed by atoms with Crippen LogP contribution in [-0.4, -0.2) is 88.7 Å². The van der Waals surface area contributed by atoms with Gasteiger partial charge in [-0.25, -0.2) is 14.4 Å². The number of ether oxygens (including phenoxy) is 6. The van der Waals surface area contributed by atoms with Crippen molar-refractivity contribution in [3.63, 3.8) is 0 Å². The number of rotatable bonds is 18. The highest BCUT2D eigenvalue weighted by Gasteiger charge is 2.40. The number of hydrogen-bond donors (Lipinski definition) is 2. The average Bonchev–Trinajstić information content (AvgIpc) is 3.32. The van der Waals surface area contributed by atoms with Crippen molar-refractivity contribution in [1.82, 2.24) is 10.6 Å². The molecule has 248 valence electrons. The van der Waals surface area contributed by atoms with E-state index >= 15 is 0 Å². The zero-order valence-electron chi connectivity index (χ0n) is 27.1. The van der Waals surface area contributed by atoms with Gasteiger partial charge in [-0.3, -0.25) is 0 Å². The van der Waals surface area contributed by atoms with Gasteiger partial charge in [-0.05, 0) is 56.4 Å². The number of hydrogen-bond acceptors (Lipinski definition) is 9. The van der Waals surface area contributed by atoms with E-state index in [-0.39, 0.29) is 32.2 Å². The number of amides is 2. The smallest absolute Gasteiger partial charge is 0.408 e. The number of nitrogens with one attached hydrogen (secondary N) is 2. The van der Waals surface area contributed by atoms with E-state index in [0.717, 1.165) is 22.3 Å². The normalized spacial score (nSPS) is 13.7. The lowest BCUT2D eigenvalue weighted by Gasteiger charge is -2.31. The molecule has 2 N–H and O–H groups in total. The number of esters is 1. The first-order valence-electron chi connectivity index (χ1n) is 15.6. The molecular formula is C34H48N2O9. The summed E-state index contributed by atoms with van der Waals surface area (Å²) < 4.78 is 32.8. The quantitative estimate of drug-likeness (QED) is 0.130. The van der Waals surface area contributed by atoms with Crippen molar-refractivity contribution in [3.05, 3.63) is 59.7 Å². The van der Waals surface area contributed by atoms with E-state index in [4.69, 9.17) is 28.4 Å². The molecule has 0 heterocycles. The van der Waals surface area contributed by atoms with Crippen LogP contribution in [0.25, 0.3) is 11.1 Å². The molecule has 0 bridgehead atoms. The van der Waals surface area contributed by atoms with E-state index in [1.807, 2.05) is 31.2 Å². The monoisotopic (exact) mass is 628 g/mol. The Morgan fingerprint density at radius 2 is 1.29 bits per heavy atom. The van der Waals surface area contributed by atoms with Gasteiger partial charge in [-0.1, -0.05) is 55.5 Å². The number of carbonyl (C=O) groups is 3. The van der Waals surface area contributed by atoms with Crippen LogP contribution < -0.4 is 10.6 Å². The number of benzene rings is 2. The van der Waals surface area contributed by atoms with Crippen molar-refractivity contribution >= 4 is 18.2 Å². The Hall–Kier alpha value is -3.67. The summed E-state index contributed by atoms with van der Waals surface area (Å²) in [4.78, 5) is 37.7. The summed E-state index contributed by atoms with van der Waals surface area (Å²) in [5, 5.41) is 5.41. The Morgan fingerprint density at radius 1 is 0.733 bits per heavy atom. The summed E-state index contributed by atoms with van der Waals surface area (Å²) in [6, 6.07) is 16.2. The van der Waals surface area contributed by atoms with Crippen molar-refractivity contribution < 1.29 is 42.8 Å². The molecule has 0 fully saturated rings. The van der Waals surface area contributed by atoms with Crippen LogP contribution in [0.4, 0.5) is 9.59 Å². The molecule has 0 saturated heterocycles. The summed E-state index contributed by atoms with van der Waals surface area (Å²) in [5.41, 5.74) is 2.65. The Kier molecular flexibility index (Phi) is 14.1. The molecule has 45 heavy (non-hydrogen) atoms. The molecule has 2 amide bonds. The van der Waals surface area contributed by atoms with Gasteiger partial charge in [0.2, 0.25) is 0 Å². The molecule has 1 aliphatic carbocycles. The predicted octanol–water partition coefficient (Wildman–Crippen LogP) is 5.20. The maximum atomic E-state index is 13.1. The van der Waals surface area contributed by atoms with E-state index in [1.165, 1.54) is 0 Å². The van der Waals surface area contributed by atoms with Crippen LogP contribution in [0.1, 0.15) is 64.5 Å². The lowest BCUT2D eigenvalue weighted by atomic mass is 9.92. The van der Waals surface area contributed by atoms with Crippen LogP contribution >= 0.6 is 0 Å². The minimum atomic E-state index is -1.29. The van der Waals surface area contributed by atoms with Gasteiger partial charge in [-0.15, -0.1) is 0 Å². The number of alkyl carbamates (subject to hydrolysis) is 2. The molecular weight excluding hydrogens is 580 g/mol. The third kappa shape index (κ3) is 11.0. The number of carbonyl (C=O) groups excluding carboxylic acids is 3. The lowest BCUT2D eigenvalue weighted by molar-refractivity contribution is -0.152. The van der Waals surface area contributed by atoms with Gasteiger partial charge < -0.3 is 39.1 Å². The van der Waals surface area contributed by atoms with Crippen LogP contribution in [0, 0.1) is 0 Å². The molecule has 1 aliphatic rings. The minimum absolute atomic E-state index is 0.0931. The molecule has 11 nitrogen and oxygen atoms in total. The van der Waals surface area contributed by atoms with Gasteiger partial charge in [0.05, 0.1) is 39.6 Å². The van der Waals surface area contributed by atoms with Gasteiger partial charge in [-0.2, -0.15) is 0 Å². The summed E-state index contributed by atoms with van der Waals surface area (Å²) in [6.07, 6.45) is -0.657. The molecule has 0 unspecified atom stereocenters. The first kappa shape index (κ1) is 35.8. The fourth-order valence-corrected chi connectivity index (χ4v) is 5.05. The molecule has 11 heteroatoms. The zero-order chi connectivity index (χ0) is 32.7. The molecule has 2 aromatic rings. The minimum Gasteiger partial charge on any atom is -0.464 e. The maximum Gasteiger partial charge on any atom is 0.408 e. The van der Waals surface area contributed by atoms with Crippen LogP contribution in [0.2, 0.25) is 0 Å². The third-order valence-corrected chi connectivity index (χ3v) is 7.29. The molecule has 0 radical (unpaired) electrons. The third-order valence-electron chi connectivity index (χ3n) is 7.29. The second-order valence-electron chi connectivity index (χ2n) is 11.6. The second-order valence-corrected chi connectivity index (χ2v) is 11.6. The van der Waals surface area contributed by atoms with Crippen LogP contribution in [0.3, 0.4) is 0 Å². The topological polar surface area (TPSA) is 131 Å². The average molecular weight is 629 g/mol. The van der Waals surface area contributed by atoms with Gasteiger partial charge in [0.25, 0.3) is 0 Å². The lowest BCUT2D eigenvalue weighted by Crippen LogP contribution is -2.56. The highest BCUT2D eigenvalue weighted by Crippen LogP contribution is 2.44. The van der Waals surface area contributed by atoms with Crippen LogP contribution in [0.15, 0.2) is 48.5 Å². The van der Waals surface area contributed by atoms with Gasteiger partial charge in [0.15, 0.2) is 0 Å². The van der Waals surface area contributed by atoms with Gasteiger partial charge >= 0.3 is 18.2 Å². The summed E-state index contributed by atoms with van der Waals surface area (Å²) in [6.45, 7) is 11.5. The highest BCUT2D eigenvalue weighted by atomic mass is 16.6. The first-order chi connectivity index (χ1) is 21.6. The molecule has 0 saturated carbocycles. The summed E-state index contributed by atoms with van der Waals surface area (Å²) >= 11 is 0. The van der Waals surface area contributed by atoms with E-state index < -0.39 is 29.3 Å². The van der Waals surface area contributed by atoms with Crippen molar-refractivity contribution in [2.24, 2.45) is 0 Å². The molecule has 0 aromatic heterocycles. The van der Waals surface area contributed by atoms with E-state index in [0.29, 0.717) is 46.0 Å².